The molecule has 9 nitrogen and oxygen atoms in total. The molecule has 2 atom stereocenters. The van der Waals surface area contributed by atoms with Gasteiger partial charge in [-0.25, -0.2) is 4.98 Å². The van der Waals surface area contributed by atoms with Crippen LogP contribution in [0.15, 0.2) is 41.2 Å². The highest BCUT2D eigenvalue weighted by molar-refractivity contribution is 5.89. The highest BCUT2D eigenvalue weighted by Crippen LogP contribution is 2.38. The normalized spacial score (nSPS) is 12.6. The van der Waals surface area contributed by atoms with Gasteiger partial charge in [0.1, 0.15) is 24.2 Å². The molecule has 38 heavy (non-hydrogen) atoms. The first-order valence-corrected chi connectivity index (χ1v) is 12.4. The second kappa shape index (κ2) is 13.8. The predicted octanol–water partition coefficient (Wildman–Crippen LogP) is 3.52. The van der Waals surface area contributed by atoms with Gasteiger partial charge in [-0.15, -0.1) is 0 Å². The van der Waals surface area contributed by atoms with E-state index in [-0.39, 0.29) is 23.3 Å². The Morgan fingerprint density at radius 2 is 1.89 bits per heavy atom. The molecule has 3 heterocycles. The monoisotopic (exact) mass is 524 g/mol. The van der Waals surface area contributed by atoms with Crippen LogP contribution in [0, 0.1) is 0 Å². The molecule has 0 amide bonds. The van der Waals surface area contributed by atoms with Crippen molar-refractivity contribution in [1.29, 1.82) is 0 Å². The first-order chi connectivity index (χ1) is 18.3. The molecule has 1 aliphatic heterocycles. The maximum absolute atomic E-state index is 13.3. The van der Waals surface area contributed by atoms with Gasteiger partial charge in [0, 0.05) is 41.9 Å². The van der Waals surface area contributed by atoms with Gasteiger partial charge in [0.25, 0.3) is 5.56 Å². The van der Waals surface area contributed by atoms with E-state index in [0.717, 1.165) is 29.1 Å². The van der Waals surface area contributed by atoms with Crippen molar-refractivity contribution in [2.45, 2.75) is 59.5 Å². The zero-order valence-electron chi connectivity index (χ0n) is 22.8. The first-order valence-electron chi connectivity index (χ1n) is 12.4. The lowest BCUT2D eigenvalue weighted by Crippen LogP contribution is -2.26. The van der Waals surface area contributed by atoms with E-state index >= 15 is 0 Å². The van der Waals surface area contributed by atoms with Crippen molar-refractivity contribution >= 4 is 23.5 Å². The number of carbonyl (C=O) groups is 2. The van der Waals surface area contributed by atoms with Gasteiger partial charge in [-0.2, -0.15) is 0 Å². The molecule has 204 valence electrons. The van der Waals surface area contributed by atoms with Crippen LogP contribution in [-0.4, -0.2) is 52.7 Å². The number of hydrogen-bond acceptors (Lipinski definition) is 8. The number of carbonyl (C=O) groups excluding carboxylic acids is 2. The smallest absolute Gasteiger partial charge is 0.257 e. The summed E-state index contributed by atoms with van der Waals surface area (Å²) in [5.74, 6) is 0.589. The fourth-order valence-corrected chi connectivity index (χ4v) is 4.43. The van der Waals surface area contributed by atoms with Crippen molar-refractivity contribution in [3.63, 3.8) is 0 Å². The Bertz CT molecular complexity index is 1380. The van der Waals surface area contributed by atoms with E-state index in [0.29, 0.717) is 48.2 Å². The molecule has 0 aliphatic carbocycles. The van der Waals surface area contributed by atoms with Crippen LogP contribution in [0.2, 0.25) is 0 Å². The second-order valence-corrected chi connectivity index (χ2v) is 8.27. The summed E-state index contributed by atoms with van der Waals surface area (Å²) in [6, 6.07) is 7.16. The Morgan fingerprint density at radius 1 is 1.21 bits per heavy atom. The summed E-state index contributed by atoms with van der Waals surface area (Å²) in [7, 11) is 2.46. The largest absolute Gasteiger partial charge is 0.486 e. The van der Waals surface area contributed by atoms with E-state index in [4.69, 9.17) is 19.6 Å². The van der Waals surface area contributed by atoms with Gasteiger partial charge in [0.2, 0.25) is 0 Å². The first kappa shape index (κ1) is 30.6. The molecule has 2 N–H and O–H groups in total. The van der Waals surface area contributed by atoms with Crippen LogP contribution in [0.25, 0.3) is 22.3 Å². The number of rotatable bonds is 9. The highest BCUT2D eigenvalue weighted by atomic mass is 16.5. The number of hydrogen-bond donors (Lipinski definition) is 2. The van der Waals surface area contributed by atoms with E-state index in [1.54, 1.807) is 23.6 Å². The molecule has 0 fully saturated rings. The molecule has 0 spiro atoms. The van der Waals surface area contributed by atoms with Crippen molar-refractivity contribution in [1.82, 2.24) is 9.55 Å². The van der Waals surface area contributed by atoms with Gasteiger partial charge in [0.15, 0.2) is 6.29 Å². The molecule has 1 aliphatic rings. The molecule has 0 saturated carbocycles. The van der Waals surface area contributed by atoms with E-state index in [2.05, 4.69) is 6.58 Å². The number of ether oxygens (including phenoxy) is 2. The van der Waals surface area contributed by atoms with Crippen LogP contribution in [0.1, 0.15) is 56.1 Å². The molecule has 9 heteroatoms. The van der Waals surface area contributed by atoms with Crippen LogP contribution in [0.5, 0.6) is 5.75 Å². The Kier molecular flexibility index (Phi) is 11.1. The SMILES string of the molecule is C=C(C=O)C(C)Oc1ccc2nc3c(c(CC)c2c1)Cn1c-3cc(C(O)C=O)c(COC)c1=O.CC.CO. The second-order valence-electron chi connectivity index (χ2n) is 8.27. The number of benzene rings is 1. The molecular weight excluding hydrogens is 488 g/mol. The highest BCUT2D eigenvalue weighted by Gasteiger charge is 2.29. The average molecular weight is 525 g/mol. The molecule has 2 unspecified atom stereocenters. The molecule has 3 aromatic rings. The zero-order chi connectivity index (χ0) is 28.6. The summed E-state index contributed by atoms with van der Waals surface area (Å²) in [6.07, 6.45) is -0.124. The van der Waals surface area contributed by atoms with Crippen molar-refractivity contribution in [2.75, 3.05) is 14.2 Å². The quantitative estimate of drug-likeness (QED) is 0.251. The fourth-order valence-electron chi connectivity index (χ4n) is 4.43. The summed E-state index contributed by atoms with van der Waals surface area (Å²) in [4.78, 5) is 40.4. The third-order valence-electron chi connectivity index (χ3n) is 6.25. The predicted molar refractivity (Wildman–Crippen MR) is 146 cm³/mol. The van der Waals surface area contributed by atoms with Gasteiger partial charge in [-0.05, 0) is 43.2 Å². The Morgan fingerprint density at radius 3 is 2.47 bits per heavy atom. The maximum Gasteiger partial charge on any atom is 0.257 e. The number of pyridine rings is 2. The lowest BCUT2D eigenvalue weighted by molar-refractivity contribution is -0.115. The van der Waals surface area contributed by atoms with Gasteiger partial charge in [0.05, 0.1) is 30.1 Å². The zero-order valence-corrected chi connectivity index (χ0v) is 22.8. The van der Waals surface area contributed by atoms with Crippen LogP contribution >= 0.6 is 0 Å². The van der Waals surface area contributed by atoms with E-state index < -0.39 is 12.2 Å². The lowest BCUT2D eigenvalue weighted by atomic mass is 9.98. The van der Waals surface area contributed by atoms with E-state index in [1.807, 2.05) is 32.9 Å². The van der Waals surface area contributed by atoms with Crippen molar-refractivity contribution < 1.29 is 29.3 Å². The average Bonchev–Trinajstić information content (AvgIpc) is 3.32. The van der Waals surface area contributed by atoms with Gasteiger partial charge >= 0.3 is 0 Å². The third-order valence-corrected chi connectivity index (χ3v) is 6.25. The van der Waals surface area contributed by atoms with E-state index in [9.17, 15) is 19.5 Å². The number of aliphatic hydroxyl groups excluding tert-OH is 2. The van der Waals surface area contributed by atoms with Crippen LogP contribution in [0.3, 0.4) is 0 Å². The van der Waals surface area contributed by atoms with Crippen molar-refractivity contribution in [2.24, 2.45) is 0 Å². The maximum atomic E-state index is 13.3. The van der Waals surface area contributed by atoms with Crippen molar-refractivity contribution in [3.8, 4) is 17.1 Å². The summed E-state index contributed by atoms with van der Waals surface area (Å²) in [6.45, 7) is 11.8. The number of aromatic nitrogens is 2. The Labute approximate surface area is 222 Å². The Hall–Kier alpha value is -3.66. The third kappa shape index (κ3) is 5.75. The number of aliphatic hydroxyl groups is 2. The number of fused-ring (bicyclic) bond motifs is 4. The topological polar surface area (TPSA) is 128 Å². The number of aldehydes is 2. The van der Waals surface area contributed by atoms with Crippen LogP contribution in [0.4, 0.5) is 0 Å². The summed E-state index contributed by atoms with van der Waals surface area (Å²) >= 11 is 0. The van der Waals surface area contributed by atoms with Gasteiger partial charge in [-0.3, -0.25) is 9.59 Å². The van der Waals surface area contributed by atoms with E-state index in [1.165, 1.54) is 7.11 Å². The van der Waals surface area contributed by atoms with Crippen molar-refractivity contribution in [3.05, 3.63) is 69.0 Å². The summed E-state index contributed by atoms with van der Waals surface area (Å²) < 4.78 is 12.7. The van der Waals surface area contributed by atoms with Crippen LogP contribution in [-0.2, 0) is 33.9 Å². The number of aryl methyl sites for hydroxylation is 1. The molecular formula is C29H36N2O7. The minimum atomic E-state index is -1.43. The molecule has 2 aromatic heterocycles. The lowest BCUT2D eigenvalue weighted by Gasteiger charge is -2.16. The van der Waals surface area contributed by atoms with Gasteiger partial charge < -0.3 is 29.0 Å². The fraction of sp³-hybridized carbons (Fsp3) is 0.379. The standard InChI is InChI=1S/C26H26N2O6.C2H6.CH4O/c1-5-17-18-8-16(34-15(3)14(2)11-29)6-7-22(18)27-25-20(17)10-28-23(25)9-19(24(31)12-30)21(13-33-4)26(28)32;2*1-2/h6-9,11-12,15,24,31H,2,5,10,13H2,1,3-4H3;1-2H3;2H,1H3. The number of methoxy groups -OCH3 is 1. The molecule has 0 bridgehead atoms. The molecule has 1 aromatic carbocycles. The molecule has 0 radical (unpaired) electrons. The molecule has 0 saturated heterocycles. The Balaban J connectivity index is 0.00000121. The van der Waals surface area contributed by atoms with Gasteiger partial charge in [-0.1, -0.05) is 27.4 Å². The minimum absolute atomic E-state index is 0.0172. The number of nitrogens with zero attached hydrogens (tertiary/aromatic N) is 2. The summed E-state index contributed by atoms with van der Waals surface area (Å²) in [5, 5.41) is 18.1. The molecule has 4 rings (SSSR count). The van der Waals surface area contributed by atoms with Crippen LogP contribution < -0.4 is 10.3 Å². The summed E-state index contributed by atoms with van der Waals surface area (Å²) in [5.41, 5.74) is 4.39. The minimum Gasteiger partial charge on any atom is -0.486 e.